The Balaban J connectivity index is 1.45. The number of hydrogen-bond donors (Lipinski definition) is 3. The van der Waals surface area contributed by atoms with Crippen molar-refractivity contribution in [2.24, 2.45) is 0 Å². The van der Waals surface area contributed by atoms with E-state index in [4.69, 9.17) is 33.7 Å². The zero-order valence-corrected chi connectivity index (χ0v) is 19.6. The van der Waals surface area contributed by atoms with Crippen LogP contribution in [0.5, 0.6) is 5.75 Å². The SMILES string of the molecule is Nc1ncc(C#CCNC(=O)NCCN2CCCC2)cc1OCCc1c(Cl)ccc(F)c1Cl. The van der Waals surface area contributed by atoms with Gasteiger partial charge in [0.05, 0.1) is 18.2 Å². The molecule has 1 saturated heterocycles. The van der Waals surface area contributed by atoms with Crippen LogP contribution in [-0.2, 0) is 6.42 Å². The number of carbonyl (C=O) groups is 1. The zero-order chi connectivity index (χ0) is 23.6. The van der Waals surface area contributed by atoms with E-state index in [2.05, 4.69) is 32.4 Å². The van der Waals surface area contributed by atoms with Crippen molar-refractivity contribution in [1.29, 1.82) is 0 Å². The average molecular weight is 494 g/mol. The summed E-state index contributed by atoms with van der Waals surface area (Å²) in [6, 6.07) is 4.07. The van der Waals surface area contributed by atoms with E-state index in [-0.39, 0.29) is 30.0 Å². The second kappa shape index (κ2) is 12.5. The Kier molecular flexibility index (Phi) is 9.43. The lowest BCUT2D eigenvalue weighted by Gasteiger charge is -2.14. The van der Waals surface area contributed by atoms with Gasteiger partial charge in [-0.25, -0.2) is 14.2 Å². The van der Waals surface area contributed by atoms with E-state index in [0.717, 1.165) is 19.6 Å². The summed E-state index contributed by atoms with van der Waals surface area (Å²) < 4.78 is 19.3. The molecule has 0 atom stereocenters. The average Bonchev–Trinajstić information content (AvgIpc) is 3.31. The van der Waals surface area contributed by atoms with Gasteiger partial charge in [-0.05, 0) is 43.6 Å². The van der Waals surface area contributed by atoms with Crippen molar-refractivity contribution in [3.63, 3.8) is 0 Å². The van der Waals surface area contributed by atoms with Crippen LogP contribution in [0.25, 0.3) is 0 Å². The molecule has 4 N–H and O–H groups in total. The number of aromatic nitrogens is 1. The number of carbonyl (C=O) groups excluding carboxylic acids is 1. The fourth-order valence-corrected chi connectivity index (χ4v) is 3.93. The maximum absolute atomic E-state index is 13.6. The van der Waals surface area contributed by atoms with Crippen LogP contribution in [0.4, 0.5) is 15.0 Å². The van der Waals surface area contributed by atoms with Crippen molar-refractivity contribution in [3.8, 4) is 17.6 Å². The molecule has 1 aromatic heterocycles. The topological polar surface area (TPSA) is 92.5 Å². The van der Waals surface area contributed by atoms with Crippen molar-refractivity contribution in [3.05, 3.63) is 51.4 Å². The van der Waals surface area contributed by atoms with Gasteiger partial charge in [0, 0.05) is 42.4 Å². The Morgan fingerprint density at radius 1 is 1.27 bits per heavy atom. The van der Waals surface area contributed by atoms with Crippen molar-refractivity contribution < 1.29 is 13.9 Å². The number of likely N-dealkylation sites (tertiary alicyclic amines) is 1. The van der Waals surface area contributed by atoms with E-state index >= 15 is 0 Å². The molecule has 0 radical (unpaired) electrons. The van der Waals surface area contributed by atoms with E-state index in [1.807, 2.05) is 0 Å². The molecule has 33 heavy (non-hydrogen) atoms. The number of rotatable bonds is 8. The molecular weight excluding hydrogens is 468 g/mol. The van der Waals surface area contributed by atoms with Crippen LogP contribution in [0, 0.1) is 17.7 Å². The quantitative estimate of drug-likeness (QED) is 0.386. The van der Waals surface area contributed by atoms with E-state index in [1.54, 1.807) is 6.07 Å². The summed E-state index contributed by atoms with van der Waals surface area (Å²) in [6.07, 6.45) is 4.27. The fourth-order valence-electron chi connectivity index (χ4n) is 3.37. The largest absolute Gasteiger partial charge is 0.489 e. The fraction of sp³-hybridized carbons (Fsp3) is 0.391. The predicted molar refractivity (Wildman–Crippen MR) is 128 cm³/mol. The van der Waals surface area contributed by atoms with Gasteiger partial charge in [-0.1, -0.05) is 35.0 Å². The molecule has 7 nitrogen and oxygen atoms in total. The molecule has 0 unspecified atom stereocenters. The lowest BCUT2D eigenvalue weighted by Crippen LogP contribution is -2.39. The summed E-state index contributed by atoms with van der Waals surface area (Å²) in [5.41, 5.74) is 6.92. The van der Waals surface area contributed by atoms with Gasteiger partial charge >= 0.3 is 6.03 Å². The molecule has 1 fully saturated rings. The molecule has 0 aliphatic carbocycles. The first-order chi connectivity index (χ1) is 15.9. The Morgan fingerprint density at radius 2 is 2.06 bits per heavy atom. The molecule has 0 spiro atoms. The molecule has 0 bridgehead atoms. The van der Waals surface area contributed by atoms with Crippen LogP contribution in [0.3, 0.4) is 0 Å². The number of ether oxygens (including phenoxy) is 1. The van der Waals surface area contributed by atoms with Crippen molar-refractivity contribution in [2.45, 2.75) is 19.3 Å². The normalized spacial score (nSPS) is 13.3. The third-order valence-corrected chi connectivity index (χ3v) is 5.88. The molecule has 1 aliphatic rings. The highest BCUT2D eigenvalue weighted by atomic mass is 35.5. The number of nitrogens with two attached hydrogens (primary N) is 1. The minimum absolute atomic E-state index is 0.0237. The first kappa shape index (κ1) is 24.9. The summed E-state index contributed by atoms with van der Waals surface area (Å²) in [7, 11) is 0. The first-order valence-electron chi connectivity index (χ1n) is 10.7. The summed E-state index contributed by atoms with van der Waals surface area (Å²) in [6.45, 7) is 4.02. The second-order valence-electron chi connectivity index (χ2n) is 7.49. The second-order valence-corrected chi connectivity index (χ2v) is 8.27. The van der Waals surface area contributed by atoms with Gasteiger partial charge in [-0.15, -0.1) is 0 Å². The number of nitrogens with zero attached hydrogens (tertiary/aromatic N) is 2. The number of urea groups is 1. The Bertz CT molecular complexity index is 1040. The third-order valence-electron chi connectivity index (χ3n) is 5.11. The molecule has 2 amide bonds. The number of halogens is 3. The number of pyridine rings is 1. The Labute approximate surface area is 202 Å². The highest BCUT2D eigenvalue weighted by Crippen LogP contribution is 2.28. The standard InChI is InChI=1S/C23H26Cl2FN5O2/c24-18-5-6-19(26)21(25)17(18)7-13-33-20-14-16(15-30-22(20)27)4-3-8-28-23(32)29-9-12-31-10-1-2-11-31/h5-6,14-15H,1-2,7-13H2,(H2,27,30)(H2,28,29,32). The molecule has 3 rings (SSSR count). The number of anilines is 1. The molecule has 1 aliphatic heterocycles. The maximum Gasteiger partial charge on any atom is 0.315 e. The highest BCUT2D eigenvalue weighted by Gasteiger charge is 2.12. The monoisotopic (exact) mass is 493 g/mol. The predicted octanol–water partition coefficient (Wildman–Crippen LogP) is 3.48. The minimum atomic E-state index is -0.539. The number of nitrogen functional groups attached to an aromatic ring is 1. The summed E-state index contributed by atoms with van der Waals surface area (Å²) >= 11 is 12.1. The van der Waals surface area contributed by atoms with E-state index < -0.39 is 5.82 Å². The van der Waals surface area contributed by atoms with Crippen LogP contribution >= 0.6 is 23.2 Å². The maximum atomic E-state index is 13.6. The van der Waals surface area contributed by atoms with Gasteiger partial charge in [0.15, 0.2) is 11.6 Å². The van der Waals surface area contributed by atoms with Gasteiger partial charge in [0.2, 0.25) is 0 Å². The van der Waals surface area contributed by atoms with E-state index in [9.17, 15) is 9.18 Å². The molecule has 10 heteroatoms. The zero-order valence-electron chi connectivity index (χ0n) is 18.1. The lowest BCUT2D eigenvalue weighted by molar-refractivity contribution is 0.239. The first-order valence-corrected chi connectivity index (χ1v) is 11.4. The number of amides is 2. The molecule has 2 aromatic rings. The summed E-state index contributed by atoms with van der Waals surface area (Å²) in [4.78, 5) is 18.2. The molecular formula is C23H26Cl2FN5O2. The van der Waals surface area contributed by atoms with Crippen LogP contribution in [0.15, 0.2) is 24.4 Å². The third kappa shape index (κ3) is 7.67. The smallest absolute Gasteiger partial charge is 0.315 e. The van der Waals surface area contributed by atoms with Crippen LogP contribution in [-0.4, -0.2) is 55.2 Å². The van der Waals surface area contributed by atoms with Crippen LogP contribution in [0.1, 0.15) is 24.0 Å². The van der Waals surface area contributed by atoms with E-state index in [0.29, 0.717) is 34.9 Å². The van der Waals surface area contributed by atoms with Gasteiger partial charge in [0.25, 0.3) is 0 Å². The molecule has 1 aromatic carbocycles. The van der Waals surface area contributed by atoms with Gasteiger partial charge < -0.3 is 26.0 Å². The Hall–Kier alpha value is -2.73. The van der Waals surface area contributed by atoms with Gasteiger partial charge in [-0.3, -0.25) is 0 Å². The van der Waals surface area contributed by atoms with Crippen LogP contribution < -0.4 is 21.1 Å². The van der Waals surface area contributed by atoms with Gasteiger partial charge in [0.1, 0.15) is 5.82 Å². The summed E-state index contributed by atoms with van der Waals surface area (Å²) in [5.74, 6) is 5.79. The number of benzene rings is 1. The molecule has 0 saturated carbocycles. The minimum Gasteiger partial charge on any atom is -0.489 e. The van der Waals surface area contributed by atoms with Crippen molar-refractivity contribution in [1.82, 2.24) is 20.5 Å². The summed E-state index contributed by atoms with van der Waals surface area (Å²) in [5, 5.41) is 5.86. The van der Waals surface area contributed by atoms with Crippen LogP contribution in [0.2, 0.25) is 10.0 Å². The number of hydrogen-bond acceptors (Lipinski definition) is 5. The lowest BCUT2D eigenvalue weighted by atomic mass is 10.1. The van der Waals surface area contributed by atoms with Crippen molar-refractivity contribution >= 4 is 35.1 Å². The number of nitrogens with one attached hydrogen (secondary N) is 2. The Morgan fingerprint density at radius 3 is 2.85 bits per heavy atom. The molecule has 2 heterocycles. The van der Waals surface area contributed by atoms with E-state index in [1.165, 1.54) is 31.2 Å². The highest BCUT2D eigenvalue weighted by molar-refractivity contribution is 6.36. The van der Waals surface area contributed by atoms with Gasteiger partial charge in [-0.2, -0.15) is 0 Å². The van der Waals surface area contributed by atoms with Crippen molar-refractivity contribution in [2.75, 3.05) is 45.1 Å². The molecule has 176 valence electrons.